The molecule has 1 rings (SSSR count). The van der Waals surface area contributed by atoms with Crippen molar-refractivity contribution < 1.29 is 15.0 Å². The summed E-state index contributed by atoms with van der Waals surface area (Å²) in [7, 11) is 0. The minimum Gasteiger partial charge on any atom is -0.507 e. The Kier molecular flexibility index (Phi) is 3.44. The van der Waals surface area contributed by atoms with Crippen LogP contribution >= 0.6 is 0 Å². The van der Waals surface area contributed by atoms with E-state index in [1.54, 1.807) is 19.1 Å². The molecule has 4 heteroatoms. The molecule has 1 aromatic carbocycles. The summed E-state index contributed by atoms with van der Waals surface area (Å²) in [5, 5.41) is 19.0. The molecule has 0 aromatic heterocycles. The maximum atomic E-state index is 10.7. The smallest absolute Gasteiger partial charge is 0.153 e. The second kappa shape index (κ2) is 4.42. The normalized spacial score (nSPS) is 14.7. The number of rotatable bonds is 3. The Labute approximate surface area is 88.3 Å². The van der Waals surface area contributed by atoms with Crippen molar-refractivity contribution in [3.05, 3.63) is 28.8 Å². The molecule has 0 saturated heterocycles. The number of phenolic OH excluding ortho intramolecular Hbond substituents is 1. The Bertz CT molecular complexity index is 374. The Morgan fingerprint density at radius 2 is 2.07 bits per heavy atom. The van der Waals surface area contributed by atoms with Crippen molar-refractivity contribution in [3.8, 4) is 5.75 Å². The minimum absolute atomic E-state index is 0.149. The van der Waals surface area contributed by atoms with Crippen LogP contribution in [0.15, 0.2) is 12.1 Å². The van der Waals surface area contributed by atoms with Gasteiger partial charge in [-0.05, 0) is 25.5 Å². The molecule has 0 saturated carbocycles. The largest absolute Gasteiger partial charge is 0.507 e. The van der Waals surface area contributed by atoms with E-state index in [0.717, 1.165) is 5.56 Å². The number of aromatic hydroxyl groups is 1. The molecule has 4 N–H and O–H groups in total. The molecule has 0 aliphatic heterocycles. The van der Waals surface area contributed by atoms with Gasteiger partial charge in [0.25, 0.3) is 0 Å². The Balaban J connectivity index is 3.28. The standard InChI is InChI=1S/C11H15NO3/c1-6-3-8(5-13)11(15)9(4-6)10(12)7(2)14/h3-5,7,10,14-15H,12H2,1-2H3. The van der Waals surface area contributed by atoms with Crippen molar-refractivity contribution in [3.63, 3.8) is 0 Å². The van der Waals surface area contributed by atoms with E-state index in [9.17, 15) is 15.0 Å². The second-order valence-corrected chi connectivity index (χ2v) is 3.68. The lowest BCUT2D eigenvalue weighted by molar-refractivity contribution is 0.111. The third-order valence-corrected chi connectivity index (χ3v) is 2.32. The zero-order valence-corrected chi connectivity index (χ0v) is 8.77. The summed E-state index contributed by atoms with van der Waals surface area (Å²) in [6.07, 6.45) is -0.210. The molecule has 0 radical (unpaired) electrons. The number of hydrogen-bond donors (Lipinski definition) is 3. The maximum absolute atomic E-state index is 10.7. The predicted molar refractivity (Wildman–Crippen MR) is 56.8 cm³/mol. The van der Waals surface area contributed by atoms with E-state index in [-0.39, 0.29) is 11.3 Å². The summed E-state index contributed by atoms with van der Waals surface area (Å²) in [4.78, 5) is 10.7. The van der Waals surface area contributed by atoms with E-state index >= 15 is 0 Å². The van der Waals surface area contributed by atoms with Gasteiger partial charge in [-0.15, -0.1) is 0 Å². The highest BCUT2D eigenvalue weighted by Crippen LogP contribution is 2.29. The summed E-state index contributed by atoms with van der Waals surface area (Å²) in [6, 6.07) is 2.55. The molecule has 0 heterocycles. The van der Waals surface area contributed by atoms with Crippen LogP contribution in [0, 0.1) is 6.92 Å². The van der Waals surface area contributed by atoms with Gasteiger partial charge in [0.05, 0.1) is 17.7 Å². The van der Waals surface area contributed by atoms with Gasteiger partial charge < -0.3 is 15.9 Å². The van der Waals surface area contributed by atoms with Crippen molar-refractivity contribution >= 4 is 6.29 Å². The number of aryl methyl sites for hydroxylation is 1. The van der Waals surface area contributed by atoms with Crippen LogP contribution in [-0.4, -0.2) is 22.6 Å². The Morgan fingerprint density at radius 1 is 1.47 bits per heavy atom. The lowest BCUT2D eigenvalue weighted by Gasteiger charge is -2.17. The van der Waals surface area contributed by atoms with Gasteiger partial charge in [-0.1, -0.05) is 6.07 Å². The van der Waals surface area contributed by atoms with Gasteiger partial charge in [-0.2, -0.15) is 0 Å². The zero-order chi connectivity index (χ0) is 11.6. The number of carbonyl (C=O) groups excluding carboxylic acids is 1. The van der Waals surface area contributed by atoms with Crippen LogP contribution < -0.4 is 5.73 Å². The molecular formula is C11H15NO3. The predicted octanol–water partition coefficient (Wildman–Crippen LogP) is 0.894. The van der Waals surface area contributed by atoms with Crippen LogP contribution in [0.1, 0.15) is 34.5 Å². The third-order valence-electron chi connectivity index (χ3n) is 2.32. The monoisotopic (exact) mass is 209 g/mol. The van der Waals surface area contributed by atoms with Gasteiger partial charge >= 0.3 is 0 Å². The van der Waals surface area contributed by atoms with Gasteiger partial charge in [-0.3, -0.25) is 4.79 Å². The highest BCUT2D eigenvalue weighted by atomic mass is 16.3. The molecule has 0 fully saturated rings. The molecule has 1 aromatic rings. The molecule has 0 bridgehead atoms. The van der Waals surface area contributed by atoms with Crippen LogP contribution in [0.25, 0.3) is 0 Å². The van der Waals surface area contributed by atoms with Crippen molar-refractivity contribution in [2.75, 3.05) is 0 Å². The average molecular weight is 209 g/mol. The summed E-state index contributed by atoms with van der Waals surface area (Å²) in [5.74, 6) is -0.149. The van der Waals surface area contributed by atoms with Crippen molar-refractivity contribution in [2.45, 2.75) is 26.0 Å². The summed E-state index contributed by atoms with van der Waals surface area (Å²) < 4.78 is 0. The number of nitrogens with two attached hydrogens (primary N) is 1. The summed E-state index contributed by atoms with van der Waals surface area (Å²) >= 11 is 0. The highest BCUT2D eigenvalue weighted by molar-refractivity contribution is 5.80. The van der Waals surface area contributed by atoms with Crippen LogP contribution in [0.5, 0.6) is 5.75 Å². The first kappa shape index (κ1) is 11.7. The van der Waals surface area contributed by atoms with Crippen LogP contribution in [0.2, 0.25) is 0 Å². The second-order valence-electron chi connectivity index (χ2n) is 3.68. The van der Waals surface area contributed by atoms with E-state index < -0.39 is 12.1 Å². The molecule has 2 unspecified atom stereocenters. The third kappa shape index (κ3) is 2.34. The Hall–Kier alpha value is -1.39. The number of hydrogen-bond acceptors (Lipinski definition) is 4. The fourth-order valence-electron chi connectivity index (χ4n) is 1.44. The average Bonchev–Trinajstić information content (AvgIpc) is 2.19. The quantitative estimate of drug-likeness (QED) is 0.646. The maximum Gasteiger partial charge on any atom is 0.153 e. The van der Waals surface area contributed by atoms with E-state index in [1.165, 1.54) is 6.92 Å². The van der Waals surface area contributed by atoms with Crippen molar-refractivity contribution in [1.82, 2.24) is 0 Å². The number of aldehydes is 1. The molecule has 82 valence electrons. The lowest BCUT2D eigenvalue weighted by atomic mass is 9.97. The first-order valence-electron chi connectivity index (χ1n) is 4.69. The molecule has 4 nitrogen and oxygen atoms in total. The van der Waals surface area contributed by atoms with Gasteiger partial charge in [0, 0.05) is 5.56 Å². The molecule has 0 spiro atoms. The molecule has 0 aliphatic carbocycles. The summed E-state index contributed by atoms with van der Waals surface area (Å²) in [5.41, 5.74) is 7.12. The number of aliphatic hydroxyl groups is 1. The first-order valence-corrected chi connectivity index (χ1v) is 4.69. The Morgan fingerprint density at radius 3 is 2.53 bits per heavy atom. The number of benzene rings is 1. The highest BCUT2D eigenvalue weighted by Gasteiger charge is 2.18. The number of carbonyl (C=O) groups is 1. The first-order chi connectivity index (χ1) is 6.97. The number of aliphatic hydroxyl groups excluding tert-OH is 1. The van der Waals surface area contributed by atoms with Gasteiger partial charge in [0.15, 0.2) is 6.29 Å². The van der Waals surface area contributed by atoms with Gasteiger partial charge in [-0.25, -0.2) is 0 Å². The molecular weight excluding hydrogens is 194 g/mol. The van der Waals surface area contributed by atoms with Crippen molar-refractivity contribution in [1.29, 1.82) is 0 Å². The van der Waals surface area contributed by atoms with E-state index in [1.807, 2.05) is 0 Å². The minimum atomic E-state index is -0.780. The van der Waals surface area contributed by atoms with E-state index in [0.29, 0.717) is 11.8 Å². The lowest BCUT2D eigenvalue weighted by Crippen LogP contribution is -2.23. The van der Waals surface area contributed by atoms with Crippen LogP contribution in [-0.2, 0) is 0 Å². The fourth-order valence-corrected chi connectivity index (χ4v) is 1.44. The van der Waals surface area contributed by atoms with Crippen LogP contribution in [0.3, 0.4) is 0 Å². The summed E-state index contributed by atoms with van der Waals surface area (Å²) in [6.45, 7) is 3.33. The van der Waals surface area contributed by atoms with Crippen LogP contribution in [0.4, 0.5) is 0 Å². The van der Waals surface area contributed by atoms with E-state index in [4.69, 9.17) is 5.73 Å². The van der Waals surface area contributed by atoms with Gasteiger partial charge in [0.1, 0.15) is 5.75 Å². The number of phenols is 1. The van der Waals surface area contributed by atoms with E-state index in [2.05, 4.69) is 0 Å². The SMILES string of the molecule is Cc1cc(C=O)c(O)c(C(N)C(C)O)c1. The molecule has 15 heavy (non-hydrogen) atoms. The fraction of sp³-hybridized carbons (Fsp3) is 0.364. The van der Waals surface area contributed by atoms with Crippen molar-refractivity contribution in [2.24, 2.45) is 5.73 Å². The zero-order valence-electron chi connectivity index (χ0n) is 8.77. The molecule has 0 amide bonds. The molecule has 0 aliphatic rings. The topological polar surface area (TPSA) is 83.5 Å². The van der Waals surface area contributed by atoms with Gasteiger partial charge in [0.2, 0.25) is 0 Å². The molecule has 2 atom stereocenters.